The van der Waals surface area contributed by atoms with Crippen molar-refractivity contribution in [3.63, 3.8) is 0 Å². The summed E-state index contributed by atoms with van der Waals surface area (Å²) < 4.78 is 16.5. The predicted octanol–water partition coefficient (Wildman–Crippen LogP) is 4.53. The van der Waals surface area contributed by atoms with Crippen LogP contribution in [0.2, 0.25) is 0 Å². The van der Waals surface area contributed by atoms with Gasteiger partial charge in [-0.1, -0.05) is 12.1 Å². The highest BCUT2D eigenvalue weighted by Gasteiger charge is 2.34. The summed E-state index contributed by atoms with van der Waals surface area (Å²) in [7, 11) is 1.52. The number of anilines is 1. The Labute approximate surface area is 206 Å². The predicted molar refractivity (Wildman–Crippen MR) is 131 cm³/mol. The number of piperidine rings is 1. The molecule has 0 bridgehead atoms. The summed E-state index contributed by atoms with van der Waals surface area (Å²) in [6.45, 7) is 4.25. The van der Waals surface area contributed by atoms with Crippen molar-refractivity contribution in [1.29, 1.82) is 0 Å². The normalized spacial score (nSPS) is 17.0. The third kappa shape index (κ3) is 6.44. The van der Waals surface area contributed by atoms with Crippen LogP contribution < -0.4 is 14.4 Å². The van der Waals surface area contributed by atoms with Gasteiger partial charge in [0.25, 0.3) is 0 Å². The molecule has 1 aromatic heterocycles. The lowest BCUT2D eigenvalue weighted by Crippen LogP contribution is -2.37. The average Bonchev–Trinajstić information content (AvgIpc) is 3.71. The lowest BCUT2D eigenvalue weighted by molar-refractivity contribution is -0.143. The Kier molecular flexibility index (Phi) is 8.10. The number of pyridine rings is 1. The number of nitrogens with zero attached hydrogens (tertiary/aromatic N) is 2. The van der Waals surface area contributed by atoms with Crippen molar-refractivity contribution in [2.45, 2.75) is 44.9 Å². The van der Waals surface area contributed by atoms with E-state index >= 15 is 0 Å². The van der Waals surface area contributed by atoms with Gasteiger partial charge < -0.3 is 24.2 Å². The lowest BCUT2D eigenvalue weighted by Gasteiger charge is -2.33. The van der Waals surface area contributed by atoms with Gasteiger partial charge in [-0.05, 0) is 74.1 Å². The number of benzene rings is 1. The molecule has 8 nitrogen and oxygen atoms in total. The quantitative estimate of drug-likeness (QED) is 0.467. The molecule has 8 heteroatoms. The first-order valence-corrected chi connectivity index (χ1v) is 12.4. The second kappa shape index (κ2) is 11.4. The SMILES string of the molecule is CCOC(=O)CC(c1cccc(OCC2CCN(c3nc(OC)ccc3C(=O)O)CC2)c1)C1CC1. The maximum absolute atomic E-state index is 12.1. The molecule has 188 valence electrons. The molecule has 1 aliphatic carbocycles. The fourth-order valence-corrected chi connectivity index (χ4v) is 4.77. The number of hydrogen-bond acceptors (Lipinski definition) is 7. The number of hydrogen-bond donors (Lipinski definition) is 1. The zero-order valence-corrected chi connectivity index (χ0v) is 20.4. The summed E-state index contributed by atoms with van der Waals surface area (Å²) in [5.41, 5.74) is 1.32. The summed E-state index contributed by atoms with van der Waals surface area (Å²) in [5.74, 6) is 1.64. The minimum Gasteiger partial charge on any atom is -0.493 e. The van der Waals surface area contributed by atoms with Crippen LogP contribution >= 0.6 is 0 Å². The van der Waals surface area contributed by atoms with Crippen LogP contribution in [0.15, 0.2) is 36.4 Å². The van der Waals surface area contributed by atoms with E-state index in [0.717, 1.165) is 37.0 Å². The molecule has 2 aromatic rings. The van der Waals surface area contributed by atoms with E-state index < -0.39 is 5.97 Å². The van der Waals surface area contributed by atoms with Gasteiger partial charge in [-0.3, -0.25) is 4.79 Å². The Morgan fingerprint density at radius 2 is 1.91 bits per heavy atom. The second-order valence-corrected chi connectivity index (χ2v) is 9.30. The maximum atomic E-state index is 12.1. The molecule has 1 unspecified atom stereocenters. The van der Waals surface area contributed by atoms with E-state index in [1.54, 1.807) is 12.1 Å². The molecule has 4 rings (SSSR count). The molecule has 1 atom stereocenters. The Hall–Kier alpha value is -3.29. The van der Waals surface area contributed by atoms with Crippen LogP contribution in [0.3, 0.4) is 0 Å². The first-order valence-electron chi connectivity index (χ1n) is 12.4. The highest BCUT2D eigenvalue weighted by Crippen LogP contribution is 2.45. The highest BCUT2D eigenvalue weighted by atomic mass is 16.5. The number of rotatable bonds is 11. The zero-order valence-electron chi connectivity index (χ0n) is 20.4. The molecule has 1 saturated carbocycles. The van der Waals surface area contributed by atoms with Gasteiger partial charge in [-0.2, -0.15) is 4.98 Å². The van der Waals surface area contributed by atoms with E-state index in [1.165, 1.54) is 7.11 Å². The summed E-state index contributed by atoms with van der Waals surface area (Å²) in [5, 5.41) is 9.54. The Bertz CT molecular complexity index is 1030. The van der Waals surface area contributed by atoms with Gasteiger partial charge in [0.15, 0.2) is 0 Å². The number of carboxylic acid groups (broad SMARTS) is 1. The van der Waals surface area contributed by atoms with Crippen LogP contribution in [-0.2, 0) is 9.53 Å². The second-order valence-electron chi connectivity index (χ2n) is 9.30. The van der Waals surface area contributed by atoms with Crippen molar-refractivity contribution in [3.8, 4) is 11.6 Å². The first kappa shape index (κ1) is 24.8. The van der Waals surface area contributed by atoms with Crippen molar-refractivity contribution in [3.05, 3.63) is 47.5 Å². The van der Waals surface area contributed by atoms with E-state index in [0.29, 0.717) is 56.3 Å². The average molecular weight is 483 g/mol. The standard InChI is InChI=1S/C27H34N2O6/c1-3-34-25(30)16-23(19-7-8-19)20-5-4-6-21(15-20)35-17-18-11-13-29(14-12-18)26-22(27(31)32)9-10-24(28-26)33-2/h4-6,9-10,15,18-19,23H,3,7-8,11-14,16-17H2,1-2H3,(H,31,32). The molecule has 35 heavy (non-hydrogen) atoms. The van der Waals surface area contributed by atoms with Crippen LogP contribution in [0, 0.1) is 11.8 Å². The van der Waals surface area contributed by atoms with E-state index in [2.05, 4.69) is 17.1 Å². The van der Waals surface area contributed by atoms with Crippen molar-refractivity contribution in [2.75, 3.05) is 38.3 Å². The van der Waals surface area contributed by atoms with Crippen LogP contribution in [0.25, 0.3) is 0 Å². The summed E-state index contributed by atoms with van der Waals surface area (Å²) >= 11 is 0. The van der Waals surface area contributed by atoms with Crippen molar-refractivity contribution in [2.24, 2.45) is 11.8 Å². The van der Waals surface area contributed by atoms with Gasteiger partial charge in [0.1, 0.15) is 17.1 Å². The molecule has 0 spiro atoms. The summed E-state index contributed by atoms with van der Waals surface area (Å²) in [4.78, 5) is 30.1. The number of methoxy groups -OCH3 is 1. The van der Waals surface area contributed by atoms with Crippen LogP contribution in [-0.4, -0.2) is 55.4 Å². The Balaban J connectivity index is 1.33. The van der Waals surface area contributed by atoms with Gasteiger partial charge in [0.05, 0.1) is 26.7 Å². The third-order valence-electron chi connectivity index (χ3n) is 6.86. The van der Waals surface area contributed by atoms with Crippen molar-refractivity contribution < 1.29 is 28.9 Å². The van der Waals surface area contributed by atoms with E-state index in [9.17, 15) is 14.7 Å². The van der Waals surface area contributed by atoms with E-state index in [4.69, 9.17) is 14.2 Å². The number of carbonyl (C=O) groups excluding carboxylic acids is 1. The Morgan fingerprint density at radius 1 is 1.14 bits per heavy atom. The Morgan fingerprint density at radius 3 is 2.57 bits per heavy atom. The molecular formula is C27H34N2O6. The van der Waals surface area contributed by atoms with Gasteiger partial charge in [0, 0.05) is 19.2 Å². The van der Waals surface area contributed by atoms with Crippen molar-refractivity contribution >= 4 is 17.8 Å². The lowest BCUT2D eigenvalue weighted by atomic mass is 9.91. The fraction of sp³-hybridized carbons (Fsp3) is 0.519. The van der Waals surface area contributed by atoms with Gasteiger partial charge in [0.2, 0.25) is 5.88 Å². The van der Waals surface area contributed by atoms with Crippen LogP contribution in [0.4, 0.5) is 5.82 Å². The van der Waals surface area contributed by atoms with Crippen molar-refractivity contribution in [1.82, 2.24) is 4.98 Å². The first-order chi connectivity index (χ1) is 17.0. The monoisotopic (exact) mass is 482 g/mol. The van der Waals surface area contributed by atoms with Gasteiger partial charge in [-0.25, -0.2) is 4.79 Å². The summed E-state index contributed by atoms with van der Waals surface area (Å²) in [6, 6.07) is 11.2. The number of aromatic nitrogens is 1. The highest BCUT2D eigenvalue weighted by molar-refractivity contribution is 5.93. The molecule has 2 heterocycles. The van der Waals surface area contributed by atoms with Crippen LogP contribution in [0.5, 0.6) is 11.6 Å². The molecule has 0 radical (unpaired) electrons. The number of esters is 1. The number of carbonyl (C=O) groups is 2. The minimum atomic E-state index is -0.993. The number of aromatic carboxylic acids is 1. The fourth-order valence-electron chi connectivity index (χ4n) is 4.77. The van der Waals surface area contributed by atoms with Gasteiger partial charge >= 0.3 is 11.9 Å². The molecule has 1 saturated heterocycles. The smallest absolute Gasteiger partial charge is 0.339 e. The van der Waals surface area contributed by atoms with E-state index in [-0.39, 0.29) is 17.5 Å². The number of carboxylic acids is 1. The molecule has 2 fully saturated rings. The molecule has 2 aliphatic rings. The summed E-state index contributed by atoms with van der Waals surface area (Å²) in [6.07, 6.45) is 4.48. The largest absolute Gasteiger partial charge is 0.493 e. The molecule has 1 N–H and O–H groups in total. The number of ether oxygens (including phenoxy) is 3. The topological polar surface area (TPSA) is 98.2 Å². The minimum absolute atomic E-state index is 0.140. The van der Waals surface area contributed by atoms with Crippen LogP contribution in [0.1, 0.15) is 60.9 Å². The third-order valence-corrected chi connectivity index (χ3v) is 6.86. The molecular weight excluding hydrogens is 448 g/mol. The molecule has 0 amide bonds. The van der Waals surface area contributed by atoms with E-state index in [1.807, 2.05) is 24.0 Å². The van der Waals surface area contributed by atoms with Gasteiger partial charge in [-0.15, -0.1) is 0 Å². The maximum Gasteiger partial charge on any atom is 0.339 e. The molecule has 1 aromatic carbocycles. The zero-order chi connectivity index (χ0) is 24.8. The molecule has 1 aliphatic heterocycles.